The van der Waals surface area contributed by atoms with Gasteiger partial charge < -0.3 is 15.1 Å². The Morgan fingerprint density at radius 3 is 2.78 bits per heavy atom. The van der Waals surface area contributed by atoms with Crippen molar-refractivity contribution in [3.8, 4) is 11.3 Å². The van der Waals surface area contributed by atoms with E-state index in [2.05, 4.69) is 10.2 Å². The van der Waals surface area contributed by atoms with Crippen molar-refractivity contribution in [2.45, 2.75) is 19.4 Å². The lowest BCUT2D eigenvalue weighted by Gasteiger charge is -2.34. The molecule has 122 valence electrons. The summed E-state index contributed by atoms with van der Waals surface area (Å²) in [4.78, 5) is 14.3. The summed E-state index contributed by atoms with van der Waals surface area (Å²) >= 11 is 0. The van der Waals surface area contributed by atoms with Crippen LogP contribution in [0, 0.1) is 12.8 Å². The lowest BCUT2D eigenvalue weighted by atomic mass is 9.94. The first-order valence-electron chi connectivity index (χ1n) is 7.80. The number of aromatic amines is 1. The number of nitrogens with zero attached hydrogens (tertiary/aromatic N) is 2. The average Bonchev–Trinajstić information content (AvgIpc) is 2.96. The van der Waals surface area contributed by atoms with Crippen molar-refractivity contribution in [1.29, 1.82) is 0 Å². The number of aliphatic hydroxyl groups is 2. The SMILES string of the molecule is Cc1c(-c2ccccc2)n[nH]c1C(=O)N1CC[C@H](CO)[C@H](O)C1. The van der Waals surface area contributed by atoms with Gasteiger partial charge in [0.1, 0.15) is 5.69 Å². The van der Waals surface area contributed by atoms with E-state index in [0.29, 0.717) is 18.7 Å². The number of aromatic nitrogens is 2. The van der Waals surface area contributed by atoms with Gasteiger partial charge in [-0.2, -0.15) is 5.10 Å². The molecule has 3 rings (SSSR count). The van der Waals surface area contributed by atoms with E-state index in [4.69, 9.17) is 0 Å². The first-order valence-corrected chi connectivity index (χ1v) is 7.80. The molecule has 23 heavy (non-hydrogen) atoms. The standard InChI is InChI=1S/C17H21N3O3/c1-11-15(12-5-3-2-4-6-12)18-19-16(11)17(23)20-8-7-13(10-21)14(22)9-20/h2-6,13-14,21-22H,7-10H2,1H3,(H,18,19)/t13-,14-/m1/s1. The summed E-state index contributed by atoms with van der Waals surface area (Å²) in [5.74, 6) is -0.311. The van der Waals surface area contributed by atoms with Crippen molar-refractivity contribution in [2.24, 2.45) is 5.92 Å². The number of benzene rings is 1. The molecule has 2 aromatic rings. The molecule has 1 aliphatic rings. The lowest BCUT2D eigenvalue weighted by molar-refractivity contribution is 0.000626. The molecule has 1 saturated heterocycles. The maximum atomic E-state index is 12.7. The molecule has 0 bridgehead atoms. The fourth-order valence-corrected chi connectivity index (χ4v) is 3.02. The Hall–Kier alpha value is -2.18. The minimum atomic E-state index is -0.686. The van der Waals surface area contributed by atoms with Gasteiger partial charge in [0.05, 0.1) is 11.8 Å². The summed E-state index contributed by atoms with van der Waals surface area (Å²) in [5, 5.41) is 26.3. The number of rotatable bonds is 3. The number of hydrogen-bond acceptors (Lipinski definition) is 4. The molecule has 0 saturated carbocycles. The van der Waals surface area contributed by atoms with Crippen LogP contribution in [0.3, 0.4) is 0 Å². The third kappa shape index (κ3) is 3.00. The van der Waals surface area contributed by atoms with Crippen molar-refractivity contribution in [1.82, 2.24) is 15.1 Å². The van der Waals surface area contributed by atoms with Gasteiger partial charge in [0, 0.05) is 36.7 Å². The molecule has 1 aromatic heterocycles. The molecular formula is C17H21N3O3. The number of carbonyl (C=O) groups is 1. The first-order chi connectivity index (χ1) is 11.1. The number of likely N-dealkylation sites (tertiary alicyclic amines) is 1. The van der Waals surface area contributed by atoms with Gasteiger partial charge in [-0.1, -0.05) is 30.3 Å². The van der Waals surface area contributed by atoms with E-state index in [1.54, 1.807) is 4.90 Å². The number of amides is 1. The molecule has 2 heterocycles. The monoisotopic (exact) mass is 315 g/mol. The summed E-state index contributed by atoms with van der Waals surface area (Å²) < 4.78 is 0. The van der Waals surface area contributed by atoms with Crippen LogP contribution in [0.2, 0.25) is 0 Å². The highest BCUT2D eigenvalue weighted by atomic mass is 16.3. The van der Waals surface area contributed by atoms with Crippen LogP contribution in [-0.4, -0.2) is 57.0 Å². The minimum Gasteiger partial charge on any atom is -0.396 e. The fraction of sp³-hybridized carbons (Fsp3) is 0.412. The molecule has 6 nitrogen and oxygen atoms in total. The van der Waals surface area contributed by atoms with Crippen LogP contribution in [0.25, 0.3) is 11.3 Å². The maximum absolute atomic E-state index is 12.7. The Bertz CT molecular complexity index is 684. The molecule has 1 aromatic carbocycles. The Morgan fingerprint density at radius 2 is 2.13 bits per heavy atom. The summed E-state index contributed by atoms with van der Waals surface area (Å²) in [6, 6.07) is 9.70. The predicted molar refractivity (Wildman–Crippen MR) is 85.9 cm³/mol. The van der Waals surface area contributed by atoms with Crippen LogP contribution in [0.1, 0.15) is 22.5 Å². The van der Waals surface area contributed by atoms with E-state index >= 15 is 0 Å². The molecule has 0 aliphatic carbocycles. The molecule has 1 fully saturated rings. The molecule has 0 spiro atoms. The van der Waals surface area contributed by atoms with Crippen molar-refractivity contribution in [2.75, 3.05) is 19.7 Å². The molecule has 0 unspecified atom stereocenters. The number of aliphatic hydroxyl groups excluding tert-OH is 2. The van der Waals surface area contributed by atoms with E-state index < -0.39 is 6.10 Å². The zero-order valence-electron chi connectivity index (χ0n) is 13.1. The summed E-state index contributed by atoms with van der Waals surface area (Å²) in [6.45, 7) is 2.59. The quantitative estimate of drug-likeness (QED) is 0.794. The number of nitrogens with one attached hydrogen (secondary N) is 1. The van der Waals surface area contributed by atoms with Crippen molar-refractivity contribution in [3.63, 3.8) is 0 Å². The molecule has 1 aliphatic heterocycles. The molecule has 2 atom stereocenters. The molecule has 0 radical (unpaired) electrons. The van der Waals surface area contributed by atoms with Gasteiger partial charge in [-0.15, -0.1) is 0 Å². The topological polar surface area (TPSA) is 89.5 Å². The van der Waals surface area contributed by atoms with Gasteiger partial charge in [-0.25, -0.2) is 0 Å². The minimum absolute atomic E-state index is 0.0512. The van der Waals surface area contributed by atoms with E-state index in [1.807, 2.05) is 37.3 Å². The predicted octanol–water partition coefficient (Wildman–Crippen LogP) is 1.20. The highest BCUT2D eigenvalue weighted by Crippen LogP contribution is 2.25. The number of hydrogen-bond donors (Lipinski definition) is 3. The van der Waals surface area contributed by atoms with E-state index in [1.165, 1.54) is 0 Å². The van der Waals surface area contributed by atoms with E-state index in [-0.39, 0.29) is 25.0 Å². The number of piperidine rings is 1. The Kier molecular flexibility index (Phi) is 4.45. The number of carbonyl (C=O) groups excluding carboxylic acids is 1. The van der Waals surface area contributed by atoms with Gasteiger partial charge in [-0.3, -0.25) is 9.89 Å². The Balaban J connectivity index is 1.80. The number of β-amino-alcohol motifs (C(OH)–C–C–N with tert-alkyl or cyclic N) is 1. The molecular weight excluding hydrogens is 294 g/mol. The third-order valence-electron chi connectivity index (χ3n) is 4.51. The molecule has 6 heteroatoms. The van der Waals surface area contributed by atoms with Crippen LogP contribution in [0.15, 0.2) is 30.3 Å². The summed E-state index contributed by atoms with van der Waals surface area (Å²) in [6.07, 6.45) is -0.0863. The first kappa shape index (κ1) is 15.7. The molecule has 3 N–H and O–H groups in total. The smallest absolute Gasteiger partial charge is 0.272 e. The second-order valence-corrected chi connectivity index (χ2v) is 5.99. The third-order valence-corrected chi connectivity index (χ3v) is 4.51. The van der Waals surface area contributed by atoms with Gasteiger partial charge in [0.2, 0.25) is 0 Å². The Morgan fingerprint density at radius 1 is 1.39 bits per heavy atom. The van der Waals surface area contributed by atoms with Gasteiger partial charge in [0.15, 0.2) is 0 Å². The van der Waals surface area contributed by atoms with Gasteiger partial charge in [-0.05, 0) is 13.3 Å². The maximum Gasteiger partial charge on any atom is 0.272 e. The van der Waals surface area contributed by atoms with Crippen molar-refractivity contribution < 1.29 is 15.0 Å². The van der Waals surface area contributed by atoms with E-state index in [9.17, 15) is 15.0 Å². The Labute approximate surface area is 134 Å². The van der Waals surface area contributed by atoms with Gasteiger partial charge >= 0.3 is 0 Å². The van der Waals surface area contributed by atoms with Gasteiger partial charge in [0.25, 0.3) is 5.91 Å². The summed E-state index contributed by atoms with van der Waals surface area (Å²) in [5.41, 5.74) is 2.98. The zero-order valence-corrected chi connectivity index (χ0v) is 13.1. The van der Waals surface area contributed by atoms with Crippen LogP contribution >= 0.6 is 0 Å². The highest BCUT2D eigenvalue weighted by Gasteiger charge is 2.31. The normalized spacial score (nSPS) is 21.4. The second-order valence-electron chi connectivity index (χ2n) is 5.99. The fourth-order valence-electron chi connectivity index (χ4n) is 3.02. The average molecular weight is 315 g/mol. The summed E-state index contributed by atoms with van der Waals surface area (Å²) in [7, 11) is 0. The highest BCUT2D eigenvalue weighted by molar-refractivity contribution is 5.95. The second kappa shape index (κ2) is 6.52. The molecule has 1 amide bonds. The van der Waals surface area contributed by atoms with Crippen LogP contribution in [0.5, 0.6) is 0 Å². The van der Waals surface area contributed by atoms with E-state index in [0.717, 1.165) is 16.8 Å². The van der Waals surface area contributed by atoms with Crippen molar-refractivity contribution in [3.05, 3.63) is 41.6 Å². The lowest BCUT2D eigenvalue weighted by Crippen LogP contribution is -2.47. The zero-order chi connectivity index (χ0) is 16.4. The van der Waals surface area contributed by atoms with Crippen LogP contribution in [0.4, 0.5) is 0 Å². The van der Waals surface area contributed by atoms with Crippen molar-refractivity contribution >= 4 is 5.91 Å². The number of H-pyrrole nitrogens is 1. The van der Waals surface area contributed by atoms with Crippen LogP contribution < -0.4 is 0 Å². The largest absolute Gasteiger partial charge is 0.396 e. The van der Waals surface area contributed by atoms with Crippen LogP contribution in [-0.2, 0) is 0 Å².